The molecule has 0 atom stereocenters. The Hall–Kier alpha value is -1.66. The van der Waals surface area contributed by atoms with E-state index in [1.54, 1.807) is 0 Å². The van der Waals surface area contributed by atoms with E-state index in [1.807, 2.05) is 0 Å². The molecule has 1 aliphatic rings. The van der Waals surface area contributed by atoms with Gasteiger partial charge in [0.2, 0.25) is 11.8 Å². The second kappa shape index (κ2) is 39.0. The van der Waals surface area contributed by atoms with Gasteiger partial charge in [-0.15, -0.1) is 0 Å². The Labute approximate surface area is 324 Å². The van der Waals surface area contributed by atoms with Crippen LogP contribution in [0.1, 0.15) is 206 Å². The summed E-state index contributed by atoms with van der Waals surface area (Å²) in [4.78, 5) is 29.5. The first kappa shape index (κ1) is 48.4. The molecule has 0 radical (unpaired) electrons. The van der Waals surface area contributed by atoms with Gasteiger partial charge in [0.25, 0.3) is 0 Å². The molecule has 0 spiro atoms. The van der Waals surface area contributed by atoms with Crippen molar-refractivity contribution < 1.29 is 9.59 Å². The Morgan fingerprint density at radius 1 is 0.404 bits per heavy atom. The molecule has 0 saturated carbocycles. The molecule has 0 aromatic rings. The molecule has 1 fully saturated rings. The van der Waals surface area contributed by atoms with Crippen LogP contribution in [0.15, 0.2) is 24.3 Å². The largest absolute Gasteiger partial charge is 0.356 e. The quantitative estimate of drug-likeness (QED) is 0.0491. The van der Waals surface area contributed by atoms with Crippen molar-refractivity contribution in [1.82, 2.24) is 20.4 Å². The standard InChI is InChI=1S/C46H88N4O2/c1-3-5-7-9-11-13-15-17-19-21-23-25-27-29-31-35-45(51)47-37-33-39-49-41-43-50(44-42-49)40-34-38-48-46(52)36-32-30-28-26-24-22-20-18-16-14-12-10-8-6-4-2/h17-20H,3-16,21-44H2,1-2H3,(H,47,51)(H,48,52)/b19-17+,20-18+. The maximum Gasteiger partial charge on any atom is 0.219 e. The topological polar surface area (TPSA) is 64.7 Å². The summed E-state index contributed by atoms with van der Waals surface area (Å²) < 4.78 is 0. The van der Waals surface area contributed by atoms with Crippen molar-refractivity contribution in [3.63, 3.8) is 0 Å². The molecule has 0 aliphatic carbocycles. The summed E-state index contributed by atoms with van der Waals surface area (Å²) in [5.74, 6) is 0.449. The third-order valence-electron chi connectivity index (χ3n) is 10.7. The van der Waals surface area contributed by atoms with Crippen LogP contribution in [0.25, 0.3) is 0 Å². The molecule has 6 nitrogen and oxygen atoms in total. The first-order valence-electron chi connectivity index (χ1n) is 22.9. The maximum atomic E-state index is 12.2. The number of carbonyl (C=O) groups is 2. The van der Waals surface area contributed by atoms with Gasteiger partial charge in [0.1, 0.15) is 0 Å². The van der Waals surface area contributed by atoms with Gasteiger partial charge in [-0.3, -0.25) is 9.59 Å². The van der Waals surface area contributed by atoms with Crippen molar-refractivity contribution in [3.8, 4) is 0 Å². The zero-order valence-corrected chi connectivity index (χ0v) is 34.9. The van der Waals surface area contributed by atoms with E-state index in [4.69, 9.17) is 0 Å². The zero-order valence-electron chi connectivity index (χ0n) is 34.9. The minimum Gasteiger partial charge on any atom is -0.356 e. The Kier molecular flexibility index (Phi) is 36.3. The monoisotopic (exact) mass is 729 g/mol. The first-order valence-corrected chi connectivity index (χ1v) is 22.9. The Morgan fingerprint density at radius 2 is 0.692 bits per heavy atom. The van der Waals surface area contributed by atoms with Crippen LogP contribution in [0, 0.1) is 0 Å². The lowest BCUT2D eigenvalue weighted by Gasteiger charge is -2.34. The lowest BCUT2D eigenvalue weighted by molar-refractivity contribution is -0.122. The molecular formula is C46H88N4O2. The van der Waals surface area contributed by atoms with Crippen LogP contribution in [0.5, 0.6) is 0 Å². The zero-order chi connectivity index (χ0) is 37.4. The third kappa shape index (κ3) is 34.1. The molecule has 2 N–H and O–H groups in total. The van der Waals surface area contributed by atoms with Crippen LogP contribution < -0.4 is 10.6 Å². The highest BCUT2D eigenvalue weighted by Gasteiger charge is 2.16. The molecule has 0 aromatic carbocycles. The van der Waals surface area contributed by atoms with Gasteiger partial charge in [0, 0.05) is 52.1 Å². The summed E-state index contributed by atoms with van der Waals surface area (Å²) in [6.07, 6.45) is 46.4. The minimum absolute atomic E-state index is 0.224. The van der Waals surface area contributed by atoms with Crippen molar-refractivity contribution in [2.75, 3.05) is 52.4 Å². The molecule has 0 bridgehead atoms. The third-order valence-corrected chi connectivity index (χ3v) is 10.7. The number of piperazine rings is 1. The molecule has 1 heterocycles. The molecule has 52 heavy (non-hydrogen) atoms. The number of amides is 2. The molecule has 1 rings (SSSR count). The average Bonchev–Trinajstić information content (AvgIpc) is 3.15. The number of allylic oxidation sites excluding steroid dienone is 4. The van der Waals surface area contributed by atoms with Crippen molar-refractivity contribution >= 4 is 11.8 Å². The molecule has 2 amide bonds. The maximum absolute atomic E-state index is 12.2. The Balaban J connectivity index is 1.83. The van der Waals surface area contributed by atoms with Crippen molar-refractivity contribution in [2.45, 2.75) is 206 Å². The predicted octanol–water partition coefficient (Wildman–Crippen LogP) is 11.7. The van der Waals surface area contributed by atoms with Gasteiger partial charge >= 0.3 is 0 Å². The van der Waals surface area contributed by atoms with Gasteiger partial charge in [-0.2, -0.15) is 0 Å². The van der Waals surface area contributed by atoms with Crippen LogP contribution in [0.3, 0.4) is 0 Å². The Morgan fingerprint density at radius 3 is 1.02 bits per heavy atom. The smallest absolute Gasteiger partial charge is 0.219 e. The SMILES string of the molecule is CCCCCCCC/C=C/CCCCCCCC(=O)NCCCN1CCN(CCCNC(=O)CCCCCCC/C=C/CCCCCCCC)CC1. The van der Waals surface area contributed by atoms with Crippen LogP contribution in [0.2, 0.25) is 0 Å². The summed E-state index contributed by atoms with van der Waals surface area (Å²) in [5, 5.41) is 6.28. The van der Waals surface area contributed by atoms with Gasteiger partial charge in [0.05, 0.1) is 0 Å². The molecule has 0 aromatic heterocycles. The number of nitrogens with one attached hydrogen (secondary N) is 2. The second-order valence-corrected chi connectivity index (χ2v) is 15.8. The molecule has 6 heteroatoms. The van der Waals surface area contributed by atoms with Gasteiger partial charge in [-0.05, 0) is 90.1 Å². The highest BCUT2D eigenvalue weighted by Crippen LogP contribution is 2.12. The summed E-state index contributed by atoms with van der Waals surface area (Å²) in [6, 6.07) is 0. The fourth-order valence-electron chi connectivity index (χ4n) is 7.19. The molecule has 1 saturated heterocycles. The number of hydrogen-bond donors (Lipinski definition) is 2. The van der Waals surface area contributed by atoms with Crippen LogP contribution in [-0.2, 0) is 9.59 Å². The number of unbranched alkanes of at least 4 members (excludes halogenated alkanes) is 22. The molecule has 1 aliphatic heterocycles. The number of rotatable bonds is 38. The summed E-state index contributed by atoms with van der Waals surface area (Å²) in [5.41, 5.74) is 0. The number of hydrogen-bond acceptors (Lipinski definition) is 4. The molecule has 0 unspecified atom stereocenters. The van der Waals surface area contributed by atoms with E-state index in [9.17, 15) is 9.59 Å². The lowest BCUT2D eigenvalue weighted by atomic mass is 10.1. The molecule has 304 valence electrons. The van der Waals surface area contributed by atoms with Crippen LogP contribution >= 0.6 is 0 Å². The van der Waals surface area contributed by atoms with E-state index in [2.05, 4.69) is 58.6 Å². The predicted molar refractivity (Wildman–Crippen MR) is 227 cm³/mol. The fraction of sp³-hybridized carbons (Fsp3) is 0.870. The number of nitrogens with zero attached hydrogens (tertiary/aromatic N) is 2. The fourth-order valence-corrected chi connectivity index (χ4v) is 7.19. The summed E-state index contributed by atoms with van der Waals surface area (Å²) >= 11 is 0. The van der Waals surface area contributed by atoms with Gasteiger partial charge in [-0.1, -0.05) is 141 Å². The molecular weight excluding hydrogens is 641 g/mol. The Bertz CT molecular complexity index is 768. The van der Waals surface area contributed by atoms with E-state index in [-0.39, 0.29) is 11.8 Å². The van der Waals surface area contributed by atoms with Crippen molar-refractivity contribution in [3.05, 3.63) is 24.3 Å². The van der Waals surface area contributed by atoms with Crippen molar-refractivity contribution in [2.24, 2.45) is 0 Å². The van der Waals surface area contributed by atoms with E-state index in [1.165, 1.54) is 154 Å². The van der Waals surface area contributed by atoms with E-state index in [0.717, 1.165) is 78.0 Å². The van der Waals surface area contributed by atoms with E-state index < -0.39 is 0 Å². The summed E-state index contributed by atoms with van der Waals surface area (Å²) in [7, 11) is 0. The van der Waals surface area contributed by atoms with Crippen molar-refractivity contribution in [1.29, 1.82) is 0 Å². The second-order valence-electron chi connectivity index (χ2n) is 15.8. The first-order chi connectivity index (χ1) is 25.7. The van der Waals surface area contributed by atoms with Crippen LogP contribution in [0.4, 0.5) is 0 Å². The van der Waals surface area contributed by atoms with Gasteiger partial charge in [0.15, 0.2) is 0 Å². The average molecular weight is 729 g/mol. The highest BCUT2D eigenvalue weighted by molar-refractivity contribution is 5.76. The number of carbonyl (C=O) groups excluding carboxylic acids is 2. The normalized spacial score (nSPS) is 14.2. The summed E-state index contributed by atoms with van der Waals surface area (Å²) in [6.45, 7) is 12.7. The van der Waals surface area contributed by atoms with Gasteiger partial charge < -0.3 is 20.4 Å². The lowest BCUT2D eigenvalue weighted by Crippen LogP contribution is -2.47. The van der Waals surface area contributed by atoms with Gasteiger partial charge in [-0.25, -0.2) is 0 Å². The van der Waals surface area contributed by atoms with Crippen LogP contribution in [-0.4, -0.2) is 74.0 Å². The van der Waals surface area contributed by atoms with E-state index in [0.29, 0.717) is 12.8 Å². The highest BCUT2D eigenvalue weighted by atomic mass is 16.2. The minimum atomic E-state index is 0.224. The van der Waals surface area contributed by atoms with E-state index >= 15 is 0 Å².